The molecule has 0 saturated carbocycles. The molecule has 0 saturated heterocycles. The Morgan fingerprint density at radius 1 is 0.975 bits per heavy atom. The van der Waals surface area contributed by atoms with Crippen LogP contribution in [0.3, 0.4) is 0 Å². The highest BCUT2D eigenvalue weighted by Crippen LogP contribution is 2.58. The topological polar surface area (TPSA) is 193 Å². The molecule has 1 atom stereocenters. The molecule has 13 heteroatoms. The molecule has 1 aromatic heterocycles. The smallest absolute Gasteiger partial charge is 0.260 e. The zero-order chi connectivity index (χ0) is 28.8. The van der Waals surface area contributed by atoms with E-state index in [4.69, 9.17) is 4.74 Å². The quantitative estimate of drug-likeness (QED) is 0.148. The number of benzene rings is 2. The highest BCUT2D eigenvalue weighted by Gasteiger charge is 2.62. The van der Waals surface area contributed by atoms with E-state index < -0.39 is 79.4 Å². The largest absolute Gasteiger partial charge is 0.507 e. The van der Waals surface area contributed by atoms with Gasteiger partial charge in [0.15, 0.2) is 23.1 Å². The van der Waals surface area contributed by atoms with Crippen LogP contribution in [-0.4, -0.2) is 63.9 Å². The minimum absolute atomic E-state index is 0.0909. The number of oxime groups is 1. The number of aromatic nitrogens is 1. The number of allylic oxidation sites excluding steroid dienone is 2. The third-order valence-corrected chi connectivity index (χ3v) is 8.57. The first-order valence-corrected chi connectivity index (χ1v) is 12.5. The second-order valence-corrected chi connectivity index (χ2v) is 10.2. The fourth-order valence-electron chi connectivity index (χ4n) is 5.98. The molecule has 4 N–H and O–H groups in total. The minimum atomic E-state index is -2.14. The summed E-state index contributed by atoms with van der Waals surface area (Å²) in [7, 11) is 2.45. The van der Waals surface area contributed by atoms with Crippen molar-refractivity contribution in [3.8, 4) is 17.2 Å². The van der Waals surface area contributed by atoms with Crippen LogP contribution in [0.5, 0.6) is 17.2 Å². The number of fused-ring (bicyclic) bond motifs is 5. The van der Waals surface area contributed by atoms with Crippen molar-refractivity contribution in [1.29, 1.82) is 0 Å². The van der Waals surface area contributed by atoms with Gasteiger partial charge in [0.2, 0.25) is 5.78 Å². The van der Waals surface area contributed by atoms with Crippen molar-refractivity contribution in [3.05, 3.63) is 71.8 Å². The van der Waals surface area contributed by atoms with Gasteiger partial charge in [0.25, 0.3) is 5.56 Å². The Hall–Kier alpha value is -4.78. The summed E-state index contributed by atoms with van der Waals surface area (Å²) in [4.78, 5) is 74.0. The van der Waals surface area contributed by atoms with Crippen LogP contribution in [-0.2, 0) is 21.4 Å². The molecule has 0 bridgehead atoms. The fourth-order valence-corrected chi connectivity index (χ4v) is 6.69. The number of hydrogen-bond donors (Lipinski definition) is 4. The van der Waals surface area contributed by atoms with Gasteiger partial charge in [-0.1, -0.05) is 5.16 Å². The van der Waals surface area contributed by atoms with E-state index in [1.54, 1.807) is 0 Å². The zero-order valence-electron chi connectivity index (χ0n) is 20.7. The number of H-pyrrole nitrogens is 1. The second kappa shape index (κ2) is 8.36. The van der Waals surface area contributed by atoms with Crippen LogP contribution in [0, 0.1) is 0 Å². The number of ketones is 4. The molecule has 12 nitrogen and oxygen atoms in total. The SMILES string of the molecule is CON=Cc1cc2c(Br)c3c(c(O)c2c(=O)[nH]1)[C@@]1(CC3)C(=O)c2c(O)c3c(c(O)c2C1=O)C(=O)C(OC)=CC3=O. The average Bonchev–Trinajstić information content (AvgIpc) is 3.43. The first-order valence-electron chi connectivity index (χ1n) is 11.7. The summed E-state index contributed by atoms with van der Waals surface area (Å²) in [6.07, 6.45) is 1.97. The highest BCUT2D eigenvalue weighted by atomic mass is 79.9. The summed E-state index contributed by atoms with van der Waals surface area (Å²) in [5.74, 6) is -6.78. The Morgan fingerprint density at radius 2 is 1.62 bits per heavy atom. The van der Waals surface area contributed by atoms with Gasteiger partial charge in [0.05, 0.1) is 46.7 Å². The van der Waals surface area contributed by atoms with Crippen LogP contribution in [0.4, 0.5) is 0 Å². The molecule has 1 heterocycles. The van der Waals surface area contributed by atoms with Crippen molar-refractivity contribution in [2.24, 2.45) is 5.16 Å². The lowest BCUT2D eigenvalue weighted by atomic mass is 9.76. The number of hydrogen-bond acceptors (Lipinski definition) is 11. The molecule has 0 unspecified atom stereocenters. The Balaban J connectivity index is 1.64. The number of ether oxygens (including phenoxy) is 1. The normalized spacial score (nSPS) is 19.4. The summed E-state index contributed by atoms with van der Waals surface area (Å²) in [5.41, 5.74) is -5.01. The first kappa shape index (κ1) is 25.5. The van der Waals surface area contributed by atoms with Crippen molar-refractivity contribution in [1.82, 2.24) is 4.98 Å². The number of phenols is 3. The van der Waals surface area contributed by atoms with E-state index in [1.807, 2.05) is 0 Å². The maximum Gasteiger partial charge on any atom is 0.260 e. The van der Waals surface area contributed by atoms with Gasteiger partial charge in [-0.2, -0.15) is 0 Å². The summed E-state index contributed by atoms with van der Waals surface area (Å²) in [6, 6.07) is 1.52. The highest BCUT2D eigenvalue weighted by molar-refractivity contribution is 9.10. The second-order valence-electron chi connectivity index (χ2n) is 9.44. The van der Waals surface area contributed by atoms with Gasteiger partial charge in [0.1, 0.15) is 29.8 Å². The molecule has 0 radical (unpaired) electrons. The average molecular weight is 609 g/mol. The molecule has 0 fully saturated rings. The summed E-state index contributed by atoms with van der Waals surface area (Å²) in [6.45, 7) is 0. The maximum absolute atomic E-state index is 14.1. The number of methoxy groups -OCH3 is 1. The number of pyridine rings is 1. The van der Waals surface area contributed by atoms with Crippen molar-refractivity contribution in [2.45, 2.75) is 18.3 Å². The van der Waals surface area contributed by atoms with Crippen LogP contribution in [0.2, 0.25) is 0 Å². The lowest BCUT2D eigenvalue weighted by molar-refractivity contribution is 0.0790. The molecule has 202 valence electrons. The molecule has 6 rings (SSSR count). The van der Waals surface area contributed by atoms with Crippen LogP contribution in [0.1, 0.15) is 64.7 Å². The minimum Gasteiger partial charge on any atom is -0.507 e. The molecule has 1 spiro atoms. The number of carbonyl (C=O) groups is 4. The standard InChI is InChI=1S/C27H17BrN2O10/c1-39-12-6-11(31)14-15(20(12)32)22(34)17-16(21(14)33)24(36)27(25(17)37)4-3-9-18(27)23(35)13-10(19(9)28)5-8(7-29-40-2)30-26(13)38/h5-7,33-35H,3-4H2,1-2H3,(H,30,38)/t27-/m0/s1. The van der Waals surface area contributed by atoms with Crippen molar-refractivity contribution in [2.75, 3.05) is 14.2 Å². The van der Waals surface area contributed by atoms with Crippen LogP contribution in [0.25, 0.3) is 10.8 Å². The number of Topliss-reactive ketones (excluding diaryl/α,β-unsaturated/α-hetero) is 3. The van der Waals surface area contributed by atoms with Crippen molar-refractivity contribution >= 4 is 56.0 Å². The molecular formula is C27H17BrN2O10. The lowest BCUT2D eigenvalue weighted by Gasteiger charge is -2.23. The van der Waals surface area contributed by atoms with E-state index in [2.05, 4.69) is 30.9 Å². The van der Waals surface area contributed by atoms with Gasteiger partial charge < -0.3 is 29.9 Å². The van der Waals surface area contributed by atoms with Crippen molar-refractivity contribution < 1.29 is 44.1 Å². The summed E-state index contributed by atoms with van der Waals surface area (Å²) < 4.78 is 5.25. The molecule has 3 aliphatic carbocycles. The van der Waals surface area contributed by atoms with Crippen LogP contribution in [0.15, 0.2) is 32.3 Å². The molecule has 0 amide bonds. The number of phenolic OH excluding ortho intramolecular Hbond substituents is 3. The number of rotatable bonds is 3. The predicted molar refractivity (Wildman–Crippen MR) is 141 cm³/mol. The fraction of sp³-hybridized carbons (Fsp3) is 0.185. The van der Waals surface area contributed by atoms with E-state index in [1.165, 1.54) is 19.4 Å². The van der Waals surface area contributed by atoms with E-state index in [9.17, 15) is 39.3 Å². The third-order valence-electron chi connectivity index (χ3n) is 7.66. The van der Waals surface area contributed by atoms with E-state index in [-0.39, 0.29) is 34.9 Å². The molecule has 0 aliphatic heterocycles. The monoisotopic (exact) mass is 608 g/mol. The van der Waals surface area contributed by atoms with E-state index in [0.29, 0.717) is 10.0 Å². The Labute approximate surface area is 231 Å². The summed E-state index contributed by atoms with van der Waals surface area (Å²) in [5, 5.41) is 37.3. The number of nitrogens with zero attached hydrogens (tertiary/aromatic N) is 1. The lowest BCUT2D eigenvalue weighted by Crippen LogP contribution is -2.36. The maximum atomic E-state index is 14.1. The van der Waals surface area contributed by atoms with Crippen molar-refractivity contribution in [3.63, 3.8) is 0 Å². The molecule has 40 heavy (non-hydrogen) atoms. The van der Waals surface area contributed by atoms with Crippen LogP contribution < -0.4 is 5.56 Å². The zero-order valence-corrected chi connectivity index (χ0v) is 22.3. The molecule has 2 aromatic carbocycles. The molecular weight excluding hydrogens is 592 g/mol. The number of aromatic hydroxyl groups is 3. The first-order chi connectivity index (χ1) is 19.0. The van der Waals surface area contributed by atoms with Gasteiger partial charge in [-0.3, -0.25) is 24.0 Å². The number of nitrogens with one attached hydrogen (secondary N) is 1. The van der Waals surface area contributed by atoms with Gasteiger partial charge in [-0.15, -0.1) is 0 Å². The predicted octanol–water partition coefficient (Wildman–Crippen LogP) is 2.56. The number of carbonyl (C=O) groups excluding carboxylic acids is 4. The van der Waals surface area contributed by atoms with E-state index >= 15 is 0 Å². The molecule has 3 aromatic rings. The van der Waals surface area contributed by atoms with Gasteiger partial charge in [0, 0.05) is 21.5 Å². The number of halogens is 1. The summed E-state index contributed by atoms with van der Waals surface area (Å²) >= 11 is 3.45. The van der Waals surface area contributed by atoms with Gasteiger partial charge in [-0.25, -0.2) is 0 Å². The third kappa shape index (κ3) is 2.89. The molecule has 3 aliphatic rings. The van der Waals surface area contributed by atoms with Crippen LogP contribution >= 0.6 is 15.9 Å². The Morgan fingerprint density at radius 3 is 2.25 bits per heavy atom. The van der Waals surface area contributed by atoms with E-state index in [0.717, 1.165) is 13.2 Å². The number of aromatic amines is 1. The Kier molecular flexibility index (Phi) is 5.33. The Bertz CT molecular complexity index is 1920. The van der Waals surface area contributed by atoms with Gasteiger partial charge >= 0.3 is 0 Å². The van der Waals surface area contributed by atoms with Gasteiger partial charge in [-0.05, 0) is 40.4 Å².